The molecule has 0 heterocycles. The van der Waals surface area contributed by atoms with E-state index in [-0.39, 0.29) is 25.8 Å². The SMILES string of the molecule is O=P([O-])([O-])[O-].O=[P+]([O-])[O-].[Hf+4]. The third kappa shape index (κ3) is 576. The van der Waals surface area contributed by atoms with Crippen LogP contribution in [-0.2, 0) is 35.0 Å². The topological polar surface area (TPSA) is 149 Å². The van der Waals surface area contributed by atoms with Crippen molar-refractivity contribution in [3.05, 3.63) is 0 Å². The molecule has 0 rings (SSSR count). The summed E-state index contributed by atoms with van der Waals surface area (Å²) < 4.78 is 17.0. The largest absolute Gasteiger partial charge is 4.00 e. The minimum absolute atomic E-state index is 0. The third-order valence-electron chi connectivity index (χ3n) is 0. The Kier molecular flexibility index (Phi) is 13.9. The maximum Gasteiger partial charge on any atom is 4.00 e. The van der Waals surface area contributed by atoms with E-state index in [1.54, 1.807) is 0 Å². The monoisotopic (exact) mass is 354 g/mol. The summed E-state index contributed by atoms with van der Waals surface area (Å²) in [5, 5.41) is 0. The Labute approximate surface area is 75.7 Å². The zero-order chi connectivity index (χ0) is 8.08. The quantitative estimate of drug-likeness (QED) is 0.315. The molecule has 10 heavy (non-hydrogen) atoms. The third-order valence-corrected chi connectivity index (χ3v) is 0. The van der Waals surface area contributed by atoms with Crippen LogP contribution in [0.3, 0.4) is 0 Å². The first-order valence-corrected chi connectivity index (χ1v) is 3.83. The second-order valence-electron chi connectivity index (χ2n) is 0.671. The van der Waals surface area contributed by atoms with Crippen LogP contribution in [0.4, 0.5) is 0 Å². The number of hydrogen-bond donors (Lipinski definition) is 0. The van der Waals surface area contributed by atoms with Crippen LogP contribution >= 0.6 is 16.1 Å². The molecule has 0 aromatic carbocycles. The Hall–Kier alpha value is 1.00. The van der Waals surface area contributed by atoms with Crippen molar-refractivity contribution in [2.75, 3.05) is 0 Å². The van der Waals surface area contributed by atoms with E-state index in [9.17, 15) is 0 Å². The Balaban J connectivity index is -0.0000000910. The van der Waals surface area contributed by atoms with Crippen LogP contribution in [0.25, 0.3) is 0 Å². The van der Waals surface area contributed by atoms with Crippen molar-refractivity contribution in [2.24, 2.45) is 0 Å². The van der Waals surface area contributed by atoms with E-state index in [0.29, 0.717) is 0 Å². The van der Waals surface area contributed by atoms with Gasteiger partial charge in [-0.3, -0.25) is 0 Å². The standard InChI is InChI=1S/Hf.H3O4P.HO3P/c;1-5(2,3)4;1-4(2)3/h;(H3,1,2,3,4);(H,1,2,3)/q+4;;/p-4. The second kappa shape index (κ2) is 8.10. The summed E-state index contributed by atoms with van der Waals surface area (Å²) in [6.07, 6.45) is 0. The van der Waals surface area contributed by atoms with Crippen molar-refractivity contribution in [3.8, 4) is 0 Å². The fraction of sp³-hybridized carbons (Fsp3) is 0. The maximum absolute atomic E-state index is 8.55. The average Bonchev–Trinajstić information content (AvgIpc) is 1.19. The second-order valence-corrected chi connectivity index (χ2v) is 2.01. The normalized spacial score (nSPS) is 8.50. The molecule has 10 heteroatoms. The molecule has 0 atom stereocenters. The minimum atomic E-state index is -5.39. The van der Waals surface area contributed by atoms with Crippen molar-refractivity contribution in [2.45, 2.75) is 0 Å². The summed E-state index contributed by atoms with van der Waals surface area (Å²) in [5.74, 6) is 0. The van der Waals surface area contributed by atoms with Crippen molar-refractivity contribution >= 4 is 16.1 Å². The first-order valence-electron chi connectivity index (χ1n) is 1.28. The first-order chi connectivity index (χ1) is 3.73. The van der Waals surface area contributed by atoms with E-state index in [0.717, 1.165) is 0 Å². The summed E-state index contributed by atoms with van der Waals surface area (Å²) >= 11 is 0. The molecule has 0 aromatic heterocycles. The van der Waals surface area contributed by atoms with Crippen LogP contribution < -0.4 is 24.5 Å². The van der Waals surface area contributed by atoms with Crippen LogP contribution in [0.2, 0.25) is 0 Å². The number of hydrogen-bond acceptors (Lipinski definition) is 7. The molecule has 0 aliphatic heterocycles. The molecule has 0 fully saturated rings. The van der Waals surface area contributed by atoms with E-state index in [4.69, 9.17) is 33.6 Å². The van der Waals surface area contributed by atoms with Crippen molar-refractivity contribution in [1.82, 2.24) is 0 Å². The molecule has 0 saturated carbocycles. The Bertz CT molecular complexity index is 111. The molecule has 0 aromatic rings. The van der Waals surface area contributed by atoms with Crippen LogP contribution in [0.15, 0.2) is 0 Å². The van der Waals surface area contributed by atoms with Crippen LogP contribution in [0.5, 0.6) is 0 Å². The van der Waals surface area contributed by atoms with Gasteiger partial charge in [0.2, 0.25) is 0 Å². The van der Waals surface area contributed by atoms with Gasteiger partial charge in [-0.15, -0.1) is 0 Å². The van der Waals surface area contributed by atoms with Crippen LogP contribution in [-0.4, -0.2) is 0 Å². The molecule has 0 N–H and O–H groups in total. The predicted molar refractivity (Wildman–Crippen MR) is 15.2 cm³/mol. The molecule has 56 valence electrons. The fourth-order valence-electron chi connectivity index (χ4n) is 0. The molecular weight excluding hydrogens is 352 g/mol. The molecule has 0 amide bonds. The van der Waals surface area contributed by atoms with E-state index in [1.807, 2.05) is 0 Å². The van der Waals surface area contributed by atoms with Crippen molar-refractivity contribution in [3.63, 3.8) is 0 Å². The van der Waals surface area contributed by atoms with Crippen LogP contribution in [0, 0.1) is 0 Å². The van der Waals surface area contributed by atoms with E-state index >= 15 is 0 Å². The van der Waals surface area contributed by atoms with E-state index in [1.165, 1.54) is 0 Å². The number of phosphoric acid groups is 1. The zero-order valence-corrected chi connectivity index (χ0v) is 9.63. The summed E-state index contributed by atoms with van der Waals surface area (Å²) in [6, 6.07) is 0. The molecule has 0 aliphatic carbocycles. The smallest absolute Gasteiger partial charge is 0.822 e. The predicted octanol–water partition coefficient (Wildman–Crippen LogP) is -4.46. The van der Waals surface area contributed by atoms with E-state index < -0.39 is 16.1 Å². The summed E-state index contributed by atoms with van der Waals surface area (Å²) in [7, 11) is -8.76. The average molecular weight is 352 g/mol. The summed E-state index contributed by atoms with van der Waals surface area (Å²) in [5.41, 5.74) is 0. The summed E-state index contributed by atoms with van der Waals surface area (Å²) in [4.78, 5) is 42.6. The van der Waals surface area contributed by atoms with E-state index in [2.05, 4.69) is 0 Å². The molecule has 7 nitrogen and oxygen atoms in total. The molecule has 0 saturated heterocycles. The van der Waals surface area contributed by atoms with Gasteiger partial charge >= 0.3 is 25.8 Å². The van der Waals surface area contributed by atoms with Gasteiger partial charge in [0.25, 0.3) is 8.25 Å². The minimum Gasteiger partial charge on any atom is -0.822 e. The summed E-state index contributed by atoms with van der Waals surface area (Å²) in [6.45, 7) is 0. The number of rotatable bonds is 0. The Morgan fingerprint density at radius 1 is 1.10 bits per heavy atom. The van der Waals surface area contributed by atoms with Gasteiger partial charge in [-0.05, 0) is 0 Å². The van der Waals surface area contributed by atoms with Gasteiger partial charge in [0.1, 0.15) is 0 Å². The van der Waals surface area contributed by atoms with Gasteiger partial charge in [-0.25, -0.2) is 0 Å². The first kappa shape index (κ1) is 17.2. The zero-order valence-electron chi connectivity index (χ0n) is 4.25. The van der Waals surface area contributed by atoms with Crippen molar-refractivity contribution in [1.29, 1.82) is 0 Å². The Morgan fingerprint density at radius 3 is 1.10 bits per heavy atom. The molecule has 0 radical (unpaired) electrons. The molecule has 0 spiro atoms. The van der Waals surface area contributed by atoms with Crippen LogP contribution in [0.1, 0.15) is 0 Å². The van der Waals surface area contributed by atoms with Gasteiger partial charge in [-0.2, -0.15) is 7.82 Å². The van der Waals surface area contributed by atoms with Gasteiger partial charge in [0.15, 0.2) is 0 Å². The fourth-order valence-corrected chi connectivity index (χ4v) is 0. The van der Waals surface area contributed by atoms with Gasteiger partial charge in [0.05, 0.1) is 0 Å². The molecular formula is HfO7P2. The molecule has 0 aliphatic rings. The molecule has 0 bridgehead atoms. The van der Waals surface area contributed by atoms with Crippen molar-refractivity contribution < 1.29 is 59.4 Å². The molecule has 0 unspecified atom stereocenters. The van der Waals surface area contributed by atoms with Gasteiger partial charge in [-0.1, -0.05) is 4.57 Å². The van der Waals surface area contributed by atoms with Gasteiger partial charge < -0.3 is 29.0 Å². The maximum atomic E-state index is 8.55. The van der Waals surface area contributed by atoms with Gasteiger partial charge in [0, 0.05) is 0 Å². The Morgan fingerprint density at radius 2 is 1.10 bits per heavy atom.